The molecular formula is C26H26N3O2+. The lowest BCUT2D eigenvalue weighted by Gasteiger charge is -2.34. The van der Waals surface area contributed by atoms with E-state index >= 15 is 0 Å². The maximum atomic E-state index is 11.6. The number of hydrogen-bond donors (Lipinski definition) is 1. The average molecular weight is 413 g/mol. The van der Waals surface area contributed by atoms with E-state index in [1.807, 2.05) is 18.3 Å². The van der Waals surface area contributed by atoms with Crippen LogP contribution in [-0.4, -0.2) is 50.5 Å². The fraction of sp³-hybridized carbons (Fsp3) is 0.231. The number of hydrazone groups is 1. The summed E-state index contributed by atoms with van der Waals surface area (Å²) >= 11 is 0. The van der Waals surface area contributed by atoms with Crippen molar-refractivity contribution in [2.45, 2.75) is 6.04 Å². The predicted octanol–water partition coefficient (Wildman–Crippen LogP) is 2.78. The molecule has 31 heavy (non-hydrogen) atoms. The highest BCUT2D eigenvalue weighted by Crippen LogP contribution is 2.41. The summed E-state index contributed by atoms with van der Waals surface area (Å²) < 4.78 is 4.74. The van der Waals surface area contributed by atoms with Crippen LogP contribution in [0.15, 0.2) is 77.9 Å². The average Bonchev–Trinajstić information content (AvgIpc) is 3.17. The molecule has 5 heteroatoms. The zero-order chi connectivity index (χ0) is 21.2. The molecule has 1 fully saturated rings. The van der Waals surface area contributed by atoms with Crippen LogP contribution in [0.1, 0.15) is 33.1 Å². The van der Waals surface area contributed by atoms with Crippen molar-refractivity contribution >= 4 is 12.2 Å². The second kappa shape index (κ2) is 8.36. The van der Waals surface area contributed by atoms with E-state index < -0.39 is 0 Å². The molecule has 3 aromatic rings. The zero-order valence-corrected chi connectivity index (χ0v) is 17.6. The quantitative estimate of drug-likeness (QED) is 0.530. The Labute approximate surface area is 182 Å². The van der Waals surface area contributed by atoms with Crippen molar-refractivity contribution < 1.29 is 14.4 Å². The molecule has 0 amide bonds. The van der Waals surface area contributed by atoms with Gasteiger partial charge in [0.2, 0.25) is 0 Å². The molecule has 1 heterocycles. The molecule has 0 spiro atoms. The van der Waals surface area contributed by atoms with Gasteiger partial charge in [-0.25, -0.2) is 4.79 Å². The van der Waals surface area contributed by atoms with Crippen LogP contribution >= 0.6 is 0 Å². The Bertz CT molecular complexity index is 1070. The molecule has 1 aliphatic carbocycles. The minimum absolute atomic E-state index is 0.322. The van der Waals surface area contributed by atoms with Gasteiger partial charge in [0.05, 0.1) is 45.1 Å². The van der Waals surface area contributed by atoms with Crippen LogP contribution in [0, 0.1) is 0 Å². The van der Waals surface area contributed by atoms with Gasteiger partial charge in [-0.2, -0.15) is 5.10 Å². The van der Waals surface area contributed by atoms with Gasteiger partial charge in [-0.15, -0.1) is 0 Å². The molecule has 0 aromatic heterocycles. The Morgan fingerprint density at radius 3 is 2.10 bits per heavy atom. The molecule has 0 atom stereocenters. The molecule has 2 aliphatic rings. The molecule has 1 N–H and O–H groups in total. The zero-order valence-electron chi connectivity index (χ0n) is 17.6. The summed E-state index contributed by atoms with van der Waals surface area (Å²) in [5.74, 6) is -0.322. The van der Waals surface area contributed by atoms with E-state index in [-0.39, 0.29) is 5.97 Å². The summed E-state index contributed by atoms with van der Waals surface area (Å²) in [5, 5.41) is 6.82. The first kappa shape index (κ1) is 19.5. The third kappa shape index (κ3) is 3.73. The number of nitrogens with one attached hydrogen (secondary N) is 1. The van der Waals surface area contributed by atoms with Gasteiger partial charge in [-0.05, 0) is 28.8 Å². The lowest BCUT2D eigenvalue weighted by Crippen LogP contribution is -3.14. The Kier molecular flexibility index (Phi) is 5.26. The minimum atomic E-state index is -0.322. The number of piperazine rings is 1. The molecule has 0 saturated carbocycles. The molecule has 0 unspecified atom stereocenters. The Morgan fingerprint density at radius 1 is 0.935 bits per heavy atom. The molecule has 5 nitrogen and oxygen atoms in total. The standard InChI is InChI=1S/C26H25N3O2/c1-31-26(30)20-12-10-19(11-13-20)18-27-29-16-14-28(15-17-29)25-23-8-4-2-6-21(23)22-7-3-5-9-24(22)25/h2-13,18,25H,14-17H2,1H3/p+1/b27-18+. The van der Waals surface area contributed by atoms with E-state index in [4.69, 9.17) is 4.74 Å². The van der Waals surface area contributed by atoms with Gasteiger partial charge in [0.15, 0.2) is 0 Å². The van der Waals surface area contributed by atoms with Crippen LogP contribution < -0.4 is 4.90 Å². The number of rotatable bonds is 4. The van der Waals surface area contributed by atoms with Crippen LogP contribution in [0.3, 0.4) is 0 Å². The van der Waals surface area contributed by atoms with Gasteiger partial charge >= 0.3 is 5.97 Å². The number of methoxy groups -OCH3 is 1. The van der Waals surface area contributed by atoms with Gasteiger partial charge in [0.1, 0.15) is 6.04 Å². The van der Waals surface area contributed by atoms with E-state index in [1.54, 1.807) is 17.0 Å². The van der Waals surface area contributed by atoms with Crippen LogP contribution in [0.4, 0.5) is 0 Å². The molecule has 5 rings (SSSR count). The largest absolute Gasteiger partial charge is 0.465 e. The monoisotopic (exact) mass is 412 g/mol. The SMILES string of the molecule is COC(=O)c1ccc(/C=N/N2CC[NH+](C3c4ccccc4-c4ccccc43)CC2)cc1. The van der Waals surface area contributed by atoms with Gasteiger partial charge in [0.25, 0.3) is 0 Å². The van der Waals surface area contributed by atoms with Crippen molar-refractivity contribution in [2.24, 2.45) is 5.10 Å². The van der Waals surface area contributed by atoms with Crippen LogP contribution in [-0.2, 0) is 4.74 Å². The summed E-state index contributed by atoms with van der Waals surface area (Å²) in [7, 11) is 1.39. The predicted molar refractivity (Wildman–Crippen MR) is 121 cm³/mol. The molecule has 1 saturated heterocycles. The van der Waals surface area contributed by atoms with E-state index in [9.17, 15) is 4.79 Å². The maximum Gasteiger partial charge on any atom is 0.337 e. The molecular weight excluding hydrogens is 386 g/mol. The summed E-state index contributed by atoms with van der Waals surface area (Å²) in [4.78, 5) is 13.2. The van der Waals surface area contributed by atoms with Crippen molar-refractivity contribution in [3.05, 3.63) is 95.1 Å². The summed E-state index contributed by atoms with van der Waals surface area (Å²) in [6, 6.07) is 25.4. The second-order valence-electron chi connectivity index (χ2n) is 8.08. The van der Waals surface area contributed by atoms with E-state index in [0.29, 0.717) is 11.6 Å². The van der Waals surface area contributed by atoms with Crippen molar-refractivity contribution in [3.8, 4) is 11.1 Å². The number of fused-ring (bicyclic) bond motifs is 3. The fourth-order valence-corrected chi connectivity index (χ4v) is 4.75. The number of ether oxygens (including phenoxy) is 1. The smallest absolute Gasteiger partial charge is 0.337 e. The lowest BCUT2D eigenvalue weighted by atomic mass is 10.0. The fourth-order valence-electron chi connectivity index (χ4n) is 4.75. The van der Waals surface area contributed by atoms with E-state index in [0.717, 1.165) is 31.7 Å². The first-order chi connectivity index (χ1) is 15.2. The number of carbonyl (C=O) groups is 1. The summed E-state index contributed by atoms with van der Waals surface area (Å²) in [5.41, 5.74) is 7.18. The van der Waals surface area contributed by atoms with Crippen molar-refractivity contribution in [1.29, 1.82) is 0 Å². The number of benzene rings is 3. The summed E-state index contributed by atoms with van der Waals surface area (Å²) in [6.45, 7) is 3.94. The second-order valence-corrected chi connectivity index (χ2v) is 8.08. The van der Waals surface area contributed by atoms with Crippen LogP contribution in [0.2, 0.25) is 0 Å². The molecule has 3 aromatic carbocycles. The minimum Gasteiger partial charge on any atom is -0.465 e. The Hall–Kier alpha value is -3.44. The van der Waals surface area contributed by atoms with E-state index in [1.165, 1.54) is 29.4 Å². The third-order valence-corrected chi connectivity index (χ3v) is 6.33. The highest BCUT2D eigenvalue weighted by molar-refractivity contribution is 5.90. The lowest BCUT2D eigenvalue weighted by molar-refractivity contribution is -0.929. The van der Waals surface area contributed by atoms with Crippen LogP contribution in [0.25, 0.3) is 11.1 Å². The Balaban J connectivity index is 1.26. The van der Waals surface area contributed by atoms with Gasteiger partial charge < -0.3 is 9.64 Å². The first-order valence-electron chi connectivity index (χ1n) is 10.7. The molecule has 0 radical (unpaired) electrons. The maximum absolute atomic E-state index is 11.6. The number of esters is 1. The van der Waals surface area contributed by atoms with Crippen molar-refractivity contribution in [2.75, 3.05) is 33.3 Å². The van der Waals surface area contributed by atoms with Crippen molar-refractivity contribution in [1.82, 2.24) is 5.01 Å². The molecule has 1 aliphatic heterocycles. The summed E-state index contributed by atoms with van der Waals surface area (Å²) in [6.07, 6.45) is 1.87. The number of nitrogens with zero attached hydrogens (tertiary/aromatic N) is 2. The van der Waals surface area contributed by atoms with Gasteiger partial charge in [0, 0.05) is 11.1 Å². The number of quaternary nitrogens is 1. The third-order valence-electron chi connectivity index (χ3n) is 6.33. The number of hydrogen-bond acceptors (Lipinski definition) is 4. The van der Waals surface area contributed by atoms with Gasteiger partial charge in [-0.1, -0.05) is 60.7 Å². The highest BCUT2D eigenvalue weighted by Gasteiger charge is 2.37. The number of carbonyl (C=O) groups excluding carboxylic acids is 1. The van der Waals surface area contributed by atoms with Crippen molar-refractivity contribution in [3.63, 3.8) is 0 Å². The Morgan fingerprint density at radius 2 is 1.52 bits per heavy atom. The first-order valence-corrected chi connectivity index (χ1v) is 10.7. The normalized spacial score (nSPS) is 16.4. The van der Waals surface area contributed by atoms with E-state index in [2.05, 4.69) is 58.6 Å². The highest BCUT2D eigenvalue weighted by atomic mass is 16.5. The molecule has 156 valence electrons. The molecule has 0 bridgehead atoms. The van der Waals surface area contributed by atoms with Crippen LogP contribution in [0.5, 0.6) is 0 Å². The topological polar surface area (TPSA) is 46.3 Å². The van der Waals surface area contributed by atoms with Gasteiger partial charge in [-0.3, -0.25) is 5.01 Å².